The van der Waals surface area contributed by atoms with Crippen molar-refractivity contribution in [3.05, 3.63) is 0 Å². The van der Waals surface area contributed by atoms with Gasteiger partial charge in [0.2, 0.25) is 0 Å². The number of carbonyl (C=O) groups is 1. The minimum atomic E-state index is -4.79. The topological polar surface area (TPSA) is 29.1 Å². The van der Waals surface area contributed by atoms with Crippen LogP contribution in [-0.4, -0.2) is 18.1 Å². The van der Waals surface area contributed by atoms with Crippen molar-refractivity contribution in [3.63, 3.8) is 0 Å². The number of hydrogen-bond acceptors (Lipinski definition) is 1. The first kappa shape index (κ1) is 12.3. The summed E-state index contributed by atoms with van der Waals surface area (Å²) in [7, 11) is 0. The van der Waals surface area contributed by atoms with Crippen LogP contribution in [0.5, 0.6) is 0 Å². The number of hydrogen-bond donors (Lipinski definition) is 1. The lowest BCUT2D eigenvalue weighted by molar-refractivity contribution is -0.174. The van der Waals surface area contributed by atoms with Crippen molar-refractivity contribution in [2.45, 2.75) is 39.9 Å². The van der Waals surface area contributed by atoms with E-state index in [1.165, 1.54) is 0 Å². The second-order valence-electron chi connectivity index (χ2n) is 4.06. The second kappa shape index (κ2) is 3.55. The molecule has 0 aliphatic rings. The summed E-state index contributed by atoms with van der Waals surface area (Å²) in [5.41, 5.74) is -0.374. The van der Waals surface area contributed by atoms with Crippen LogP contribution in [0, 0.1) is 5.41 Å². The highest BCUT2D eigenvalue weighted by Gasteiger charge is 2.40. The molecule has 0 aromatic carbocycles. The van der Waals surface area contributed by atoms with Gasteiger partial charge >= 0.3 is 12.1 Å². The Hall–Kier alpha value is -0.740. The van der Waals surface area contributed by atoms with Crippen molar-refractivity contribution in [2.24, 2.45) is 5.41 Å². The molecule has 1 atom stereocenters. The van der Waals surface area contributed by atoms with Gasteiger partial charge in [-0.1, -0.05) is 20.8 Å². The fourth-order valence-corrected chi connectivity index (χ4v) is 0.495. The first-order valence-electron chi connectivity index (χ1n) is 3.93. The Morgan fingerprint density at radius 3 is 1.85 bits per heavy atom. The van der Waals surface area contributed by atoms with Crippen LogP contribution in [0.15, 0.2) is 0 Å². The van der Waals surface area contributed by atoms with Gasteiger partial charge in [-0.25, -0.2) is 0 Å². The number of rotatable bonds is 1. The normalized spacial score (nSPS) is 15.3. The Labute approximate surface area is 75.5 Å². The van der Waals surface area contributed by atoms with E-state index >= 15 is 0 Å². The van der Waals surface area contributed by atoms with Gasteiger partial charge in [-0.2, -0.15) is 13.2 Å². The fourth-order valence-electron chi connectivity index (χ4n) is 0.495. The maximum Gasteiger partial charge on any atom is 0.471 e. The van der Waals surface area contributed by atoms with Crippen molar-refractivity contribution in [2.75, 3.05) is 0 Å². The Morgan fingerprint density at radius 1 is 1.23 bits per heavy atom. The van der Waals surface area contributed by atoms with Gasteiger partial charge in [0.05, 0.1) is 0 Å². The standard InChI is InChI=1S/C8H14F3NO/c1-5(7(2,3)4)12-6(13)8(9,10)11/h5H,1-4H3,(H,12,13). The van der Waals surface area contributed by atoms with Crippen LogP contribution in [0.2, 0.25) is 0 Å². The van der Waals surface area contributed by atoms with Crippen molar-refractivity contribution >= 4 is 5.91 Å². The van der Waals surface area contributed by atoms with Crippen molar-refractivity contribution in [1.29, 1.82) is 0 Å². The van der Waals surface area contributed by atoms with E-state index in [2.05, 4.69) is 0 Å². The maximum absolute atomic E-state index is 11.8. The van der Waals surface area contributed by atoms with E-state index in [0.29, 0.717) is 0 Å². The zero-order valence-corrected chi connectivity index (χ0v) is 8.12. The summed E-state index contributed by atoms with van der Waals surface area (Å²) in [6.45, 7) is 6.82. The Balaban J connectivity index is 4.24. The van der Waals surface area contributed by atoms with Crippen LogP contribution in [0.3, 0.4) is 0 Å². The van der Waals surface area contributed by atoms with E-state index in [0.717, 1.165) is 0 Å². The monoisotopic (exact) mass is 197 g/mol. The average molecular weight is 197 g/mol. The van der Waals surface area contributed by atoms with E-state index in [1.807, 2.05) is 5.32 Å². The highest BCUT2D eigenvalue weighted by atomic mass is 19.4. The van der Waals surface area contributed by atoms with Gasteiger partial charge in [-0.05, 0) is 12.3 Å². The van der Waals surface area contributed by atoms with Crippen LogP contribution in [0.25, 0.3) is 0 Å². The van der Waals surface area contributed by atoms with Gasteiger partial charge in [0, 0.05) is 6.04 Å². The molecule has 0 aromatic heterocycles. The molecule has 0 radical (unpaired) electrons. The summed E-state index contributed by atoms with van der Waals surface area (Å²) >= 11 is 0. The zero-order valence-electron chi connectivity index (χ0n) is 8.12. The van der Waals surface area contributed by atoms with Gasteiger partial charge < -0.3 is 5.32 Å². The number of nitrogens with one attached hydrogen (secondary N) is 1. The molecule has 2 nitrogen and oxygen atoms in total. The zero-order chi connectivity index (χ0) is 10.9. The van der Waals surface area contributed by atoms with Gasteiger partial charge in [-0.3, -0.25) is 4.79 Å². The van der Waals surface area contributed by atoms with Crippen molar-refractivity contribution in [1.82, 2.24) is 5.32 Å². The van der Waals surface area contributed by atoms with E-state index in [9.17, 15) is 18.0 Å². The summed E-state index contributed by atoms with van der Waals surface area (Å²) in [5.74, 6) is -1.88. The molecule has 13 heavy (non-hydrogen) atoms. The lowest BCUT2D eigenvalue weighted by Crippen LogP contribution is -2.47. The molecule has 0 aromatic rings. The third-order valence-corrected chi connectivity index (χ3v) is 1.90. The molecule has 0 saturated carbocycles. The third kappa shape index (κ3) is 4.15. The van der Waals surface area contributed by atoms with Crippen LogP contribution in [0.4, 0.5) is 13.2 Å². The third-order valence-electron chi connectivity index (χ3n) is 1.90. The second-order valence-corrected chi connectivity index (χ2v) is 4.06. The van der Waals surface area contributed by atoms with Crippen molar-refractivity contribution in [3.8, 4) is 0 Å². The molecule has 5 heteroatoms. The van der Waals surface area contributed by atoms with E-state index in [4.69, 9.17) is 0 Å². The SMILES string of the molecule is CC(NC(=O)C(F)(F)F)C(C)(C)C. The lowest BCUT2D eigenvalue weighted by Gasteiger charge is -2.28. The van der Waals surface area contributed by atoms with Gasteiger partial charge in [0.15, 0.2) is 0 Å². The van der Waals surface area contributed by atoms with E-state index in [-0.39, 0.29) is 5.41 Å². The summed E-state index contributed by atoms with van der Waals surface area (Å²) in [4.78, 5) is 10.5. The molecule has 0 rings (SSSR count). The molecule has 0 spiro atoms. The largest absolute Gasteiger partial charge is 0.471 e. The number of alkyl halides is 3. The molecular weight excluding hydrogens is 183 g/mol. The molecule has 0 bridgehead atoms. The number of carbonyl (C=O) groups excluding carboxylic acids is 1. The lowest BCUT2D eigenvalue weighted by atomic mass is 9.88. The predicted molar refractivity (Wildman–Crippen MR) is 43.1 cm³/mol. The Bertz CT molecular complexity index is 193. The van der Waals surface area contributed by atoms with Crippen molar-refractivity contribution < 1.29 is 18.0 Å². The summed E-state index contributed by atoms with van der Waals surface area (Å²) in [6.07, 6.45) is -4.79. The molecule has 0 fully saturated rings. The summed E-state index contributed by atoms with van der Waals surface area (Å²) in [6, 6.07) is -0.512. The fraction of sp³-hybridized carbons (Fsp3) is 0.875. The molecule has 1 amide bonds. The predicted octanol–water partition coefficient (Wildman–Crippen LogP) is 2.10. The van der Waals surface area contributed by atoms with Crippen LogP contribution >= 0.6 is 0 Å². The highest BCUT2D eigenvalue weighted by molar-refractivity contribution is 5.81. The summed E-state index contributed by atoms with van der Waals surface area (Å²) in [5, 5.41) is 1.90. The quantitative estimate of drug-likeness (QED) is 0.685. The van der Waals surface area contributed by atoms with Crippen LogP contribution < -0.4 is 5.32 Å². The minimum Gasteiger partial charge on any atom is -0.345 e. The molecule has 0 aliphatic carbocycles. The van der Waals surface area contributed by atoms with Crippen LogP contribution in [0.1, 0.15) is 27.7 Å². The maximum atomic E-state index is 11.8. The highest BCUT2D eigenvalue weighted by Crippen LogP contribution is 2.21. The minimum absolute atomic E-state index is 0.374. The Kier molecular flexibility index (Phi) is 3.35. The molecule has 0 saturated heterocycles. The average Bonchev–Trinajstić information content (AvgIpc) is 1.82. The first-order valence-corrected chi connectivity index (χ1v) is 3.93. The molecule has 1 N–H and O–H groups in total. The smallest absolute Gasteiger partial charge is 0.345 e. The Morgan fingerprint density at radius 2 is 1.62 bits per heavy atom. The first-order chi connectivity index (χ1) is 5.55. The van der Waals surface area contributed by atoms with Gasteiger partial charge in [-0.15, -0.1) is 0 Å². The molecule has 1 unspecified atom stereocenters. The molecule has 78 valence electrons. The van der Waals surface area contributed by atoms with E-state index in [1.54, 1.807) is 27.7 Å². The number of halogens is 3. The number of amides is 1. The summed E-state index contributed by atoms with van der Waals surface area (Å²) < 4.78 is 35.4. The molecule has 0 aliphatic heterocycles. The van der Waals surface area contributed by atoms with Gasteiger partial charge in [0.1, 0.15) is 0 Å². The van der Waals surface area contributed by atoms with E-state index < -0.39 is 18.1 Å². The van der Waals surface area contributed by atoms with Crippen LogP contribution in [-0.2, 0) is 4.79 Å². The van der Waals surface area contributed by atoms with Gasteiger partial charge in [0.25, 0.3) is 0 Å². The molecular formula is C8H14F3NO. The molecule has 0 heterocycles.